The Morgan fingerprint density at radius 1 is 1.31 bits per heavy atom. The Balaban J connectivity index is 2.31. The molecule has 26 heavy (non-hydrogen) atoms. The molecule has 1 heterocycles. The first-order chi connectivity index (χ1) is 12.3. The van der Waals surface area contributed by atoms with E-state index in [1.54, 1.807) is 17.9 Å². The van der Waals surface area contributed by atoms with Crippen molar-refractivity contribution in [2.24, 2.45) is 5.92 Å². The van der Waals surface area contributed by atoms with Gasteiger partial charge in [0.25, 0.3) is 0 Å². The second kappa shape index (κ2) is 9.33. The fourth-order valence-electron chi connectivity index (χ4n) is 3.36. The van der Waals surface area contributed by atoms with Crippen molar-refractivity contribution < 1.29 is 13.2 Å². The molecule has 0 fully saturated rings. The molecule has 146 valence electrons. The van der Waals surface area contributed by atoms with Crippen LogP contribution in [0.2, 0.25) is 0 Å². The lowest BCUT2D eigenvalue weighted by atomic mass is 10.00. The number of hydrogen-bond acceptors (Lipinski definition) is 3. The Morgan fingerprint density at radius 3 is 2.65 bits per heavy atom. The van der Waals surface area contributed by atoms with Gasteiger partial charge >= 0.3 is 0 Å². The molecule has 1 N–H and O–H groups in total. The summed E-state index contributed by atoms with van der Waals surface area (Å²) in [5.41, 5.74) is 1.45. The highest BCUT2D eigenvalue weighted by Gasteiger charge is 2.32. The van der Waals surface area contributed by atoms with Gasteiger partial charge in [-0.25, -0.2) is 13.1 Å². The molecule has 0 saturated heterocycles. The molecule has 7 heteroatoms. The van der Waals surface area contributed by atoms with Crippen molar-refractivity contribution in [2.45, 2.75) is 64.2 Å². The van der Waals surface area contributed by atoms with Gasteiger partial charge in [-0.2, -0.15) is 0 Å². The zero-order valence-electron chi connectivity index (χ0n) is 15.8. The summed E-state index contributed by atoms with van der Waals surface area (Å²) >= 11 is 3.41. The summed E-state index contributed by atoms with van der Waals surface area (Å²) in [5, 5.41) is 0. The number of halogens is 1. The van der Waals surface area contributed by atoms with Crippen LogP contribution in [-0.2, 0) is 21.2 Å². The predicted octanol–water partition coefficient (Wildman–Crippen LogP) is 4.24. The minimum Gasteiger partial charge on any atom is -0.310 e. The van der Waals surface area contributed by atoms with Gasteiger partial charge in [-0.1, -0.05) is 56.0 Å². The maximum Gasteiger partial charge on any atom is 0.242 e. The minimum absolute atomic E-state index is 0.0445. The van der Waals surface area contributed by atoms with Crippen LogP contribution >= 0.6 is 15.9 Å². The standard InChI is InChI=1S/C19H29BrN2O3S/c1-4-7-8-14(5-2)13-21-26(24,25)17-12-16(20)11-15-9-10-22(19(15)17)18(23)6-3/h11-12,14,21H,4-10,13H2,1-3H3. The van der Waals surface area contributed by atoms with Gasteiger partial charge in [-0.3, -0.25) is 4.79 Å². The van der Waals surface area contributed by atoms with Crippen molar-refractivity contribution in [2.75, 3.05) is 18.0 Å². The molecule has 1 amide bonds. The van der Waals surface area contributed by atoms with E-state index < -0.39 is 10.0 Å². The number of rotatable bonds is 9. The van der Waals surface area contributed by atoms with Crippen LogP contribution in [-0.4, -0.2) is 27.4 Å². The number of fused-ring (bicyclic) bond motifs is 1. The zero-order valence-corrected chi connectivity index (χ0v) is 18.2. The lowest BCUT2D eigenvalue weighted by molar-refractivity contribution is -0.118. The van der Waals surface area contributed by atoms with Gasteiger partial charge in [-0.15, -0.1) is 0 Å². The van der Waals surface area contributed by atoms with Crippen molar-refractivity contribution >= 4 is 37.5 Å². The molecular weight excluding hydrogens is 416 g/mol. The fourth-order valence-corrected chi connectivity index (χ4v) is 5.41. The largest absolute Gasteiger partial charge is 0.310 e. The quantitative estimate of drug-likeness (QED) is 0.618. The summed E-state index contributed by atoms with van der Waals surface area (Å²) in [6, 6.07) is 3.52. The highest BCUT2D eigenvalue weighted by molar-refractivity contribution is 9.10. The number of carbonyl (C=O) groups excluding carboxylic acids is 1. The molecule has 1 aromatic rings. The average molecular weight is 445 g/mol. The molecule has 0 aliphatic carbocycles. The summed E-state index contributed by atoms with van der Waals surface area (Å²) in [5.74, 6) is 0.287. The molecule has 0 bridgehead atoms. The van der Waals surface area contributed by atoms with E-state index in [9.17, 15) is 13.2 Å². The highest BCUT2D eigenvalue weighted by atomic mass is 79.9. The minimum atomic E-state index is -3.69. The Bertz CT molecular complexity index is 749. The van der Waals surface area contributed by atoms with E-state index >= 15 is 0 Å². The average Bonchev–Trinajstić information content (AvgIpc) is 3.04. The second-order valence-electron chi connectivity index (χ2n) is 6.83. The third-order valence-corrected chi connectivity index (χ3v) is 6.89. The zero-order chi connectivity index (χ0) is 19.3. The number of amides is 1. The van der Waals surface area contributed by atoms with Gasteiger partial charge in [0.2, 0.25) is 15.9 Å². The van der Waals surface area contributed by atoms with Gasteiger partial charge in [0.15, 0.2) is 0 Å². The number of benzene rings is 1. The molecule has 0 aromatic heterocycles. The van der Waals surface area contributed by atoms with Gasteiger partial charge in [0.1, 0.15) is 4.90 Å². The molecular formula is C19H29BrN2O3S. The molecule has 1 aliphatic rings. The SMILES string of the molecule is CCCCC(CC)CNS(=O)(=O)c1cc(Br)cc2c1N(C(=O)CC)CC2. The predicted molar refractivity (Wildman–Crippen MR) is 109 cm³/mol. The number of nitrogens with zero attached hydrogens (tertiary/aromatic N) is 1. The van der Waals surface area contributed by atoms with Crippen molar-refractivity contribution in [3.05, 3.63) is 22.2 Å². The van der Waals surface area contributed by atoms with Crippen molar-refractivity contribution in [3.63, 3.8) is 0 Å². The van der Waals surface area contributed by atoms with E-state index in [-0.39, 0.29) is 10.8 Å². The number of nitrogens with one attached hydrogen (secondary N) is 1. The molecule has 2 rings (SSSR count). The Kier molecular flexibility index (Phi) is 7.67. The van der Waals surface area contributed by atoms with Crippen LogP contribution in [0.1, 0.15) is 58.4 Å². The van der Waals surface area contributed by atoms with Crippen LogP contribution < -0.4 is 9.62 Å². The highest BCUT2D eigenvalue weighted by Crippen LogP contribution is 2.37. The van der Waals surface area contributed by atoms with E-state index in [0.29, 0.717) is 37.5 Å². The summed E-state index contributed by atoms with van der Waals surface area (Å²) in [7, 11) is -3.69. The van der Waals surface area contributed by atoms with Gasteiger partial charge in [-0.05, 0) is 36.5 Å². The maximum atomic E-state index is 13.0. The maximum absolute atomic E-state index is 13.0. The van der Waals surface area contributed by atoms with E-state index in [4.69, 9.17) is 0 Å². The smallest absolute Gasteiger partial charge is 0.242 e. The first-order valence-corrected chi connectivity index (χ1v) is 11.7. The number of hydrogen-bond donors (Lipinski definition) is 1. The topological polar surface area (TPSA) is 66.5 Å². The van der Waals surface area contributed by atoms with Gasteiger partial charge < -0.3 is 4.90 Å². The molecule has 1 aliphatic heterocycles. The summed E-state index contributed by atoms with van der Waals surface area (Å²) in [6.45, 7) is 7.00. The number of carbonyl (C=O) groups is 1. The molecule has 1 atom stereocenters. The molecule has 0 radical (unpaired) electrons. The molecule has 1 unspecified atom stereocenters. The van der Waals surface area contributed by atoms with Gasteiger partial charge in [0, 0.05) is 24.0 Å². The third-order valence-electron chi connectivity index (χ3n) is 4.99. The van der Waals surface area contributed by atoms with Gasteiger partial charge in [0.05, 0.1) is 5.69 Å². The van der Waals surface area contributed by atoms with E-state index in [1.165, 1.54) is 0 Å². The summed E-state index contributed by atoms with van der Waals surface area (Å²) in [4.78, 5) is 14.1. The van der Waals surface area contributed by atoms with E-state index in [0.717, 1.165) is 35.7 Å². The first kappa shape index (κ1) is 21.4. The molecule has 1 aromatic carbocycles. The fraction of sp³-hybridized carbons (Fsp3) is 0.632. The number of anilines is 1. The Hall–Kier alpha value is -0.920. The molecule has 0 saturated carbocycles. The lowest BCUT2D eigenvalue weighted by Crippen LogP contribution is -2.33. The monoisotopic (exact) mass is 444 g/mol. The van der Waals surface area contributed by atoms with Crippen LogP contribution in [0.15, 0.2) is 21.5 Å². The summed E-state index contributed by atoms with van der Waals surface area (Å²) < 4.78 is 29.6. The van der Waals surface area contributed by atoms with Crippen LogP contribution in [0.3, 0.4) is 0 Å². The van der Waals surface area contributed by atoms with Crippen LogP contribution in [0.4, 0.5) is 5.69 Å². The van der Waals surface area contributed by atoms with Crippen molar-refractivity contribution in [3.8, 4) is 0 Å². The second-order valence-corrected chi connectivity index (χ2v) is 9.48. The lowest BCUT2D eigenvalue weighted by Gasteiger charge is -2.21. The molecule has 0 spiro atoms. The van der Waals surface area contributed by atoms with Crippen LogP contribution in [0.25, 0.3) is 0 Å². The third kappa shape index (κ3) is 4.87. The number of unbranched alkanes of at least 4 members (excludes halogenated alkanes) is 1. The van der Waals surface area contributed by atoms with Crippen LogP contribution in [0.5, 0.6) is 0 Å². The van der Waals surface area contributed by atoms with Crippen molar-refractivity contribution in [1.82, 2.24) is 4.72 Å². The van der Waals surface area contributed by atoms with E-state index in [2.05, 4.69) is 34.5 Å². The number of sulfonamides is 1. The normalized spacial score (nSPS) is 15.2. The van der Waals surface area contributed by atoms with E-state index in [1.807, 2.05) is 6.07 Å². The summed E-state index contributed by atoms with van der Waals surface area (Å²) in [6.07, 6.45) is 5.21. The first-order valence-electron chi connectivity index (χ1n) is 9.46. The Labute approximate surface area is 165 Å². The molecule has 5 nitrogen and oxygen atoms in total. The Morgan fingerprint density at radius 2 is 2.04 bits per heavy atom. The van der Waals surface area contributed by atoms with Crippen molar-refractivity contribution in [1.29, 1.82) is 0 Å². The van der Waals surface area contributed by atoms with Crippen LogP contribution in [0, 0.1) is 5.92 Å².